The van der Waals surface area contributed by atoms with Gasteiger partial charge in [0, 0.05) is 17.3 Å². The number of halogens is 2. The van der Waals surface area contributed by atoms with E-state index in [9.17, 15) is 4.79 Å². The van der Waals surface area contributed by atoms with Crippen LogP contribution in [-0.2, 0) is 13.2 Å². The molecule has 0 bridgehead atoms. The Bertz CT molecular complexity index is 1220. The van der Waals surface area contributed by atoms with E-state index in [2.05, 4.69) is 16.5 Å². The molecule has 0 aliphatic heterocycles. The highest BCUT2D eigenvalue weighted by atomic mass is 35.5. The minimum Gasteiger partial charge on any atom is -0.484 e. The summed E-state index contributed by atoms with van der Waals surface area (Å²) in [5.41, 5.74) is 2.33. The van der Waals surface area contributed by atoms with Crippen molar-refractivity contribution in [1.29, 1.82) is 0 Å². The van der Waals surface area contributed by atoms with Crippen molar-refractivity contribution in [1.82, 2.24) is 9.78 Å². The molecular formula is C23H19Cl2N3O3. The van der Waals surface area contributed by atoms with Crippen molar-refractivity contribution in [2.45, 2.75) is 20.1 Å². The van der Waals surface area contributed by atoms with Crippen molar-refractivity contribution < 1.29 is 13.9 Å². The maximum atomic E-state index is 12.5. The Labute approximate surface area is 189 Å². The molecule has 4 aromatic rings. The third-order valence-electron chi connectivity index (χ3n) is 4.46. The molecular weight excluding hydrogens is 437 g/mol. The molecule has 6 nitrogen and oxygen atoms in total. The molecule has 0 unspecified atom stereocenters. The second-order valence-electron chi connectivity index (χ2n) is 6.97. The van der Waals surface area contributed by atoms with Gasteiger partial charge in [-0.2, -0.15) is 5.10 Å². The smallest absolute Gasteiger partial charge is 0.292 e. The monoisotopic (exact) mass is 455 g/mol. The molecule has 31 heavy (non-hydrogen) atoms. The predicted octanol–water partition coefficient (Wildman–Crippen LogP) is 5.97. The molecule has 8 heteroatoms. The number of rotatable bonds is 7. The van der Waals surface area contributed by atoms with E-state index in [1.165, 1.54) is 5.56 Å². The molecule has 0 aliphatic carbocycles. The van der Waals surface area contributed by atoms with Gasteiger partial charge < -0.3 is 14.5 Å². The summed E-state index contributed by atoms with van der Waals surface area (Å²) in [6.07, 6.45) is 1.81. The van der Waals surface area contributed by atoms with Crippen molar-refractivity contribution in [3.8, 4) is 5.75 Å². The van der Waals surface area contributed by atoms with Crippen LogP contribution in [0.3, 0.4) is 0 Å². The number of nitrogens with one attached hydrogen (secondary N) is 1. The fourth-order valence-electron chi connectivity index (χ4n) is 3.01. The molecule has 0 saturated heterocycles. The molecule has 4 rings (SSSR count). The average molecular weight is 456 g/mol. The van der Waals surface area contributed by atoms with E-state index in [0.717, 1.165) is 5.56 Å². The average Bonchev–Trinajstić information content (AvgIpc) is 3.37. The van der Waals surface area contributed by atoms with Gasteiger partial charge >= 0.3 is 0 Å². The van der Waals surface area contributed by atoms with Crippen LogP contribution in [-0.4, -0.2) is 15.7 Å². The SMILES string of the molecule is Cc1cccc(Cn2ccc(NC(=O)c3ccc(COc4ccc(Cl)cc4Cl)o3)n2)c1. The number of benzene rings is 2. The van der Waals surface area contributed by atoms with E-state index in [4.69, 9.17) is 32.4 Å². The second-order valence-corrected chi connectivity index (χ2v) is 7.81. The quantitative estimate of drug-likeness (QED) is 0.372. The van der Waals surface area contributed by atoms with E-state index in [0.29, 0.717) is 33.9 Å². The first-order valence-corrected chi connectivity index (χ1v) is 10.3. The Morgan fingerprint density at radius 2 is 2.00 bits per heavy atom. The topological polar surface area (TPSA) is 69.3 Å². The molecule has 0 spiro atoms. The lowest BCUT2D eigenvalue weighted by molar-refractivity contribution is 0.0992. The van der Waals surface area contributed by atoms with Gasteiger partial charge in [0.2, 0.25) is 0 Å². The fraction of sp³-hybridized carbons (Fsp3) is 0.130. The summed E-state index contributed by atoms with van der Waals surface area (Å²) in [4.78, 5) is 12.5. The van der Waals surface area contributed by atoms with Crippen LogP contribution in [0.4, 0.5) is 5.82 Å². The van der Waals surface area contributed by atoms with E-state index >= 15 is 0 Å². The Morgan fingerprint density at radius 3 is 2.81 bits per heavy atom. The molecule has 0 aliphatic rings. The van der Waals surface area contributed by atoms with E-state index in [-0.39, 0.29) is 12.4 Å². The number of amides is 1. The predicted molar refractivity (Wildman–Crippen MR) is 120 cm³/mol. The van der Waals surface area contributed by atoms with Crippen LogP contribution in [0.5, 0.6) is 5.75 Å². The van der Waals surface area contributed by atoms with Gasteiger partial charge in [-0.1, -0.05) is 53.0 Å². The van der Waals surface area contributed by atoms with Crippen LogP contribution in [0.1, 0.15) is 27.4 Å². The number of carbonyl (C=O) groups excluding carboxylic acids is 1. The lowest BCUT2D eigenvalue weighted by Gasteiger charge is -2.06. The number of carbonyl (C=O) groups is 1. The standard InChI is InChI=1S/C23H19Cl2N3O3/c1-15-3-2-4-16(11-15)13-28-10-9-22(27-28)26-23(29)21-8-6-18(31-21)14-30-20-7-5-17(24)12-19(20)25/h2-12H,13-14H2,1H3,(H,26,27,29). The van der Waals surface area contributed by atoms with E-state index in [1.807, 2.05) is 31.3 Å². The number of furan rings is 1. The Morgan fingerprint density at radius 1 is 1.13 bits per heavy atom. The zero-order valence-electron chi connectivity index (χ0n) is 16.6. The summed E-state index contributed by atoms with van der Waals surface area (Å²) >= 11 is 12.0. The highest BCUT2D eigenvalue weighted by Crippen LogP contribution is 2.28. The highest BCUT2D eigenvalue weighted by molar-refractivity contribution is 6.35. The third-order valence-corrected chi connectivity index (χ3v) is 4.99. The van der Waals surface area contributed by atoms with Gasteiger partial charge in [0.1, 0.15) is 18.1 Å². The largest absolute Gasteiger partial charge is 0.484 e. The number of nitrogens with zero attached hydrogens (tertiary/aromatic N) is 2. The second kappa shape index (κ2) is 9.29. The van der Waals surface area contributed by atoms with Crippen LogP contribution in [0.15, 0.2) is 71.3 Å². The van der Waals surface area contributed by atoms with Crippen LogP contribution >= 0.6 is 23.2 Å². The molecule has 2 aromatic heterocycles. The Kier molecular flexibility index (Phi) is 6.30. The first-order chi connectivity index (χ1) is 15.0. The molecule has 0 fully saturated rings. The minimum atomic E-state index is -0.392. The minimum absolute atomic E-state index is 0.125. The Balaban J connectivity index is 1.34. The summed E-state index contributed by atoms with van der Waals surface area (Å²) in [6.45, 7) is 2.79. The summed E-state index contributed by atoms with van der Waals surface area (Å²) in [5, 5.41) is 8.06. The molecule has 0 atom stereocenters. The molecule has 0 radical (unpaired) electrons. The molecule has 1 N–H and O–H groups in total. The van der Waals surface area contributed by atoms with Crippen molar-refractivity contribution in [3.63, 3.8) is 0 Å². The zero-order valence-corrected chi connectivity index (χ0v) is 18.2. The number of ether oxygens (including phenoxy) is 1. The number of hydrogen-bond acceptors (Lipinski definition) is 4. The van der Waals surface area contributed by atoms with Crippen molar-refractivity contribution in [2.24, 2.45) is 0 Å². The van der Waals surface area contributed by atoms with E-state index < -0.39 is 5.91 Å². The summed E-state index contributed by atoms with van der Waals surface area (Å²) in [5.74, 6) is 1.18. The molecule has 2 aromatic carbocycles. The summed E-state index contributed by atoms with van der Waals surface area (Å²) in [7, 11) is 0. The van der Waals surface area contributed by atoms with Crippen LogP contribution < -0.4 is 10.1 Å². The van der Waals surface area contributed by atoms with Crippen molar-refractivity contribution in [2.75, 3.05) is 5.32 Å². The number of aryl methyl sites for hydroxylation is 1. The maximum absolute atomic E-state index is 12.5. The van der Waals surface area contributed by atoms with E-state index in [1.54, 1.807) is 41.1 Å². The maximum Gasteiger partial charge on any atom is 0.292 e. The molecule has 158 valence electrons. The molecule has 1 amide bonds. The van der Waals surface area contributed by atoms with Crippen molar-refractivity contribution in [3.05, 3.63) is 99.6 Å². The lowest BCUT2D eigenvalue weighted by Crippen LogP contribution is -2.12. The van der Waals surface area contributed by atoms with Gasteiger partial charge in [0.15, 0.2) is 11.6 Å². The lowest BCUT2D eigenvalue weighted by atomic mass is 10.1. The van der Waals surface area contributed by atoms with Gasteiger partial charge in [0.25, 0.3) is 5.91 Å². The van der Waals surface area contributed by atoms with Gasteiger partial charge in [-0.3, -0.25) is 9.48 Å². The van der Waals surface area contributed by atoms with Gasteiger partial charge in [-0.05, 0) is 42.8 Å². The molecule has 0 saturated carbocycles. The fourth-order valence-corrected chi connectivity index (χ4v) is 3.47. The van der Waals surface area contributed by atoms with Crippen LogP contribution in [0.2, 0.25) is 10.0 Å². The van der Waals surface area contributed by atoms with Crippen LogP contribution in [0, 0.1) is 6.92 Å². The molecule has 2 heterocycles. The summed E-state index contributed by atoms with van der Waals surface area (Å²) < 4.78 is 13.0. The van der Waals surface area contributed by atoms with Gasteiger partial charge in [0.05, 0.1) is 11.6 Å². The van der Waals surface area contributed by atoms with Crippen LogP contribution in [0.25, 0.3) is 0 Å². The number of aromatic nitrogens is 2. The highest BCUT2D eigenvalue weighted by Gasteiger charge is 2.14. The van der Waals surface area contributed by atoms with Gasteiger partial charge in [-0.25, -0.2) is 0 Å². The summed E-state index contributed by atoms with van der Waals surface area (Å²) in [6, 6.07) is 18.1. The number of anilines is 1. The Hall–Kier alpha value is -3.22. The first-order valence-electron chi connectivity index (χ1n) is 9.53. The first kappa shape index (κ1) is 21.0. The van der Waals surface area contributed by atoms with Gasteiger partial charge in [-0.15, -0.1) is 0 Å². The number of hydrogen-bond donors (Lipinski definition) is 1. The third kappa shape index (κ3) is 5.48. The normalized spacial score (nSPS) is 10.8. The zero-order chi connectivity index (χ0) is 21.8. The van der Waals surface area contributed by atoms with Crippen molar-refractivity contribution >= 4 is 34.9 Å².